The first kappa shape index (κ1) is 27.0. The first-order valence-electron chi connectivity index (χ1n) is 13.3. The van der Waals surface area contributed by atoms with Crippen LogP contribution in [0.4, 0.5) is 17.6 Å². The summed E-state index contributed by atoms with van der Waals surface area (Å²) in [4.78, 5) is 12.8. The first-order valence-corrected chi connectivity index (χ1v) is 13.3. The summed E-state index contributed by atoms with van der Waals surface area (Å²) in [5, 5.41) is 0. The number of carbonyl (C=O) groups excluding carboxylic acids is 1. The van der Waals surface area contributed by atoms with Gasteiger partial charge >= 0.3 is 6.18 Å². The number of rotatable bonds is 10. The van der Waals surface area contributed by atoms with Gasteiger partial charge < -0.3 is 4.74 Å². The predicted molar refractivity (Wildman–Crippen MR) is 127 cm³/mol. The molecule has 2 fully saturated rings. The highest BCUT2D eigenvalue weighted by Gasteiger charge is 2.40. The summed E-state index contributed by atoms with van der Waals surface area (Å²) in [6.45, 7) is 3.88. The summed E-state index contributed by atoms with van der Waals surface area (Å²) in [5.74, 6) is -0.0732. The lowest BCUT2D eigenvalue weighted by atomic mass is 9.74. The van der Waals surface area contributed by atoms with Gasteiger partial charge in [-0.1, -0.05) is 71.1 Å². The average Bonchev–Trinajstić information content (AvgIpc) is 2.80. The van der Waals surface area contributed by atoms with Crippen LogP contribution in [0.15, 0.2) is 12.1 Å². The molecule has 0 saturated heterocycles. The third-order valence-corrected chi connectivity index (χ3v) is 8.08. The number of benzene rings is 1. The Kier molecular flexibility index (Phi) is 9.84. The molecule has 6 heteroatoms. The van der Waals surface area contributed by atoms with Gasteiger partial charge in [0.15, 0.2) is 17.3 Å². The number of halogens is 4. The lowest BCUT2D eigenvalue weighted by molar-refractivity contribution is -0.140. The Morgan fingerprint density at radius 2 is 1.35 bits per heavy atom. The first-order chi connectivity index (χ1) is 16.2. The van der Waals surface area contributed by atoms with Crippen LogP contribution >= 0.6 is 0 Å². The standard InChI is InChI=1S/C28H40F4O2/c1-3-5-19-6-8-20(9-7-19)10-11-21-12-14-22(15-13-21)18-24(33)23-16-17-25(34-4-2)27(29)26(23)28(30,31)32/h16-17,19-22H,3-15,18H2,1-2H3. The normalized spacial score (nSPS) is 25.8. The molecule has 2 aliphatic carbocycles. The fourth-order valence-electron chi connectivity index (χ4n) is 6.12. The zero-order valence-corrected chi connectivity index (χ0v) is 20.7. The fraction of sp³-hybridized carbons (Fsp3) is 0.750. The second-order valence-electron chi connectivity index (χ2n) is 10.5. The van der Waals surface area contributed by atoms with E-state index in [1.807, 2.05) is 0 Å². The SMILES string of the molecule is CCCC1CCC(CCC2CCC(CC(=O)c3ccc(OCC)c(F)c3C(F)(F)F)CC2)CC1. The molecule has 2 saturated carbocycles. The van der Waals surface area contributed by atoms with E-state index >= 15 is 0 Å². The van der Waals surface area contributed by atoms with Crippen molar-refractivity contribution in [2.75, 3.05) is 6.61 Å². The number of hydrogen-bond donors (Lipinski definition) is 0. The highest BCUT2D eigenvalue weighted by atomic mass is 19.4. The molecule has 0 amide bonds. The van der Waals surface area contributed by atoms with Gasteiger partial charge in [0.05, 0.1) is 6.61 Å². The van der Waals surface area contributed by atoms with E-state index in [4.69, 9.17) is 4.74 Å². The Bertz CT molecular complexity index is 788. The zero-order chi connectivity index (χ0) is 24.7. The van der Waals surface area contributed by atoms with Crippen LogP contribution in [0.1, 0.15) is 113 Å². The molecular weight excluding hydrogens is 444 g/mol. The van der Waals surface area contributed by atoms with Crippen LogP contribution in [0.3, 0.4) is 0 Å². The molecule has 0 atom stereocenters. The number of Topliss-reactive ketones (excluding diaryl/α,β-unsaturated/α-hetero) is 1. The van der Waals surface area contributed by atoms with Crippen molar-refractivity contribution in [1.29, 1.82) is 0 Å². The third kappa shape index (κ3) is 7.21. The van der Waals surface area contributed by atoms with E-state index < -0.39 is 34.7 Å². The fourth-order valence-corrected chi connectivity index (χ4v) is 6.12. The Labute approximate surface area is 201 Å². The van der Waals surface area contributed by atoms with Crippen LogP contribution in [-0.2, 0) is 6.18 Å². The predicted octanol–water partition coefficient (Wildman–Crippen LogP) is 9.01. The molecule has 2 aliphatic rings. The van der Waals surface area contributed by atoms with Crippen molar-refractivity contribution < 1.29 is 27.1 Å². The molecule has 0 heterocycles. The Balaban J connectivity index is 1.49. The van der Waals surface area contributed by atoms with Crippen molar-refractivity contribution in [2.24, 2.45) is 23.7 Å². The van der Waals surface area contributed by atoms with E-state index in [0.717, 1.165) is 49.7 Å². The summed E-state index contributed by atoms with van der Waals surface area (Å²) in [7, 11) is 0. The molecule has 0 N–H and O–H groups in total. The number of hydrogen-bond acceptors (Lipinski definition) is 2. The quantitative estimate of drug-likeness (QED) is 0.245. The molecular formula is C28H40F4O2. The molecule has 0 bridgehead atoms. The highest BCUT2D eigenvalue weighted by molar-refractivity contribution is 5.98. The van der Waals surface area contributed by atoms with Gasteiger partial charge in [-0.25, -0.2) is 4.39 Å². The van der Waals surface area contributed by atoms with E-state index in [1.54, 1.807) is 6.92 Å². The number of alkyl halides is 3. The van der Waals surface area contributed by atoms with Crippen molar-refractivity contribution >= 4 is 5.78 Å². The van der Waals surface area contributed by atoms with E-state index in [0.29, 0.717) is 5.92 Å². The minimum atomic E-state index is -4.95. The van der Waals surface area contributed by atoms with Gasteiger partial charge in [-0.05, 0) is 55.6 Å². The summed E-state index contributed by atoms with van der Waals surface area (Å²) in [6, 6.07) is 2.20. The van der Waals surface area contributed by atoms with Gasteiger partial charge in [-0.15, -0.1) is 0 Å². The highest BCUT2D eigenvalue weighted by Crippen LogP contribution is 2.41. The maximum atomic E-state index is 14.5. The molecule has 0 spiro atoms. The van der Waals surface area contributed by atoms with Crippen molar-refractivity contribution in [3.8, 4) is 5.75 Å². The number of carbonyl (C=O) groups is 1. The van der Waals surface area contributed by atoms with Crippen molar-refractivity contribution in [3.63, 3.8) is 0 Å². The second-order valence-corrected chi connectivity index (χ2v) is 10.5. The van der Waals surface area contributed by atoms with Crippen LogP contribution in [-0.4, -0.2) is 12.4 Å². The van der Waals surface area contributed by atoms with E-state index in [-0.39, 0.29) is 18.9 Å². The van der Waals surface area contributed by atoms with Crippen LogP contribution in [0.25, 0.3) is 0 Å². The molecule has 192 valence electrons. The van der Waals surface area contributed by atoms with Crippen LogP contribution in [0.2, 0.25) is 0 Å². The summed E-state index contributed by atoms with van der Waals surface area (Å²) in [5.41, 5.74) is -2.07. The van der Waals surface area contributed by atoms with Gasteiger partial charge in [-0.3, -0.25) is 4.79 Å². The van der Waals surface area contributed by atoms with E-state index in [9.17, 15) is 22.4 Å². The molecule has 3 rings (SSSR count). The zero-order valence-electron chi connectivity index (χ0n) is 20.7. The summed E-state index contributed by atoms with van der Waals surface area (Å²) in [6.07, 6.45) is 9.51. The number of ether oxygens (including phenoxy) is 1. The largest absolute Gasteiger partial charge is 0.491 e. The molecule has 1 aromatic rings. The van der Waals surface area contributed by atoms with Crippen molar-refractivity contribution in [1.82, 2.24) is 0 Å². The Hall–Kier alpha value is -1.59. The molecule has 0 radical (unpaired) electrons. The van der Waals surface area contributed by atoms with Gasteiger partial charge in [0, 0.05) is 12.0 Å². The van der Waals surface area contributed by atoms with Crippen LogP contribution in [0, 0.1) is 29.5 Å². The lowest BCUT2D eigenvalue weighted by Crippen LogP contribution is -2.21. The summed E-state index contributed by atoms with van der Waals surface area (Å²) < 4.78 is 60.2. The smallest absolute Gasteiger partial charge is 0.420 e. The van der Waals surface area contributed by atoms with E-state index in [1.165, 1.54) is 51.4 Å². The van der Waals surface area contributed by atoms with Crippen molar-refractivity contribution in [3.05, 3.63) is 29.1 Å². The minimum Gasteiger partial charge on any atom is -0.491 e. The second kappa shape index (κ2) is 12.4. The molecule has 0 aliphatic heterocycles. The maximum Gasteiger partial charge on any atom is 0.420 e. The Morgan fingerprint density at radius 1 is 0.853 bits per heavy atom. The molecule has 1 aromatic carbocycles. The van der Waals surface area contributed by atoms with Crippen LogP contribution < -0.4 is 4.74 Å². The Morgan fingerprint density at radius 3 is 1.82 bits per heavy atom. The summed E-state index contributed by atoms with van der Waals surface area (Å²) >= 11 is 0. The van der Waals surface area contributed by atoms with Crippen LogP contribution in [0.5, 0.6) is 5.75 Å². The van der Waals surface area contributed by atoms with E-state index in [2.05, 4.69) is 6.92 Å². The van der Waals surface area contributed by atoms with Gasteiger partial charge in [-0.2, -0.15) is 13.2 Å². The van der Waals surface area contributed by atoms with Gasteiger partial charge in [0.1, 0.15) is 5.56 Å². The third-order valence-electron chi connectivity index (χ3n) is 8.08. The van der Waals surface area contributed by atoms with Crippen molar-refractivity contribution in [2.45, 2.75) is 103 Å². The minimum absolute atomic E-state index is 0.0463. The molecule has 2 nitrogen and oxygen atoms in total. The molecule has 0 unspecified atom stereocenters. The molecule has 0 aromatic heterocycles. The maximum absolute atomic E-state index is 14.5. The van der Waals surface area contributed by atoms with Gasteiger partial charge in [0.2, 0.25) is 0 Å². The number of ketones is 1. The monoisotopic (exact) mass is 484 g/mol. The van der Waals surface area contributed by atoms with Gasteiger partial charge in [0.25, 0.3) is 0 Å². The topological polar surface area (TPSA) is 26.3 Å². The lowest BCUT2D eigenvalue weighted by Gasteiger charge is -2.32. The molecule has 34 heavy (non-hydrogen) atoms. The average molecular weight is 485 g/mol.